The van der Waals surface area contributed by atoms with Gasteiger partial charge in [0.25, 0.3) is 0 Å². The summed E-state index contributed by atoms with van der Waals surface area (Å²) >= 11 is 0. The molecular formula is C9H15N3O. The zero-order valence-electron chi connectivity index (χ0n) is 8.29. The van der Waals surface area contributed by atoms with Crippen LogP contribution in [0.25, 0.3) is 0 Å². The van der Waals surface area contributed by atoms with Crippen molar-refractivity contribution in [2.24, 2.45) is 5.92 Å². The van der Waals surface area contributed by atoms with Gasteiger partial charge in [-0.25, -0.2) is 0 Å². The molecule has 0 aromatic heterocycles. The molecule has 0 bridgehead atoms. The normalized spacial score (nSPS) is 18.9. The van der Waals surface area contributed by atoms with Crippen molar-refractivity contribution in [2.45, 2.75) is 19.4 Å². The van der Waals surface area contributed by atoms with E-state index in [1.54, 1.807) is 7.05 Å². The molecule has 1 fully saturated rings. The lowest BCUT2D eigenvalue weighted by molar-refractivity contribution is -0.131. The molecule has 4 heteroatoms. The first-order valence-electron chi connectivity index (χ1n) is 4.39. The Labute approximate surface area is 78.5 Å². The fourth-order valence-electron chi connectivity index (χ4n) is 1.38. The van der Waals surface area contributed by atoms with Crippen molar-refractivity contribution in [3.8, 4) is 6.07 Å². The molecule has 0 aromatic rings. The highest BCUT2D eigenvalue weighted by Gasteiger charge is 2.40. The van der Waals surface area contributed by atoms with Crippen LogP contribution >= 0.6 is 0 Å². The number of nitrogens with zero attached hydrogens (tertiary/aromatic N) is 2. The Kier molecular flexibility index (Phi) is 2.58. The minimum absolute atomic E-state index is 0.0672. The maximum absolute atomic E-state index is 11.1. The van der Waals surface area contributed by atoms with Crippen molar-refractivity contribution in [3.05, 3.63) is 0 Å². The monoisotopic (exact) mass is 181 g/mol. The number of hydrogen-bond donors (Lipinski definition) is 1. The van der Waals surface area contributed by atoms with Gasteiger partial charge in [0.15, 0.2) is 0 Å². The Morgan fingerprint density at radius 3 is 2.54 bits per heavy atom. The van der Waals surface area contributed by atoms with Gasteiger partial charge in [0, 0.05) is 20.1 Å². The van der Waals surface area contributed by atoms with Crippen molar-refractivity contribution in [1.82, 2.24) is 10.2 Å². The van der Waals surface area contributed by atoms with Crippen LogP contribution in [0.4, 0.5) is 0 Å². The summed E-state index contributed by atoms with van der Waals surface area (Å²) in [4.78, 5) is 13.1. The number of likely N-dealkylation sites (tertiary alicyclic amines) is 1. The number of nitriles is 1. The molecule has 0 unspecified atom stereocenters. The van der Waals surface area contributed by atoms with Gasteiger partial charge in [-0.05, 0) is 13.8 Å². The molecule has 1 saturated heterocycles. The second kappa shape index (κ2) is 3.35. The smallest absolute Gasteiger partial charge is 0.225 e. The van der Waals surface area contributed by atoms with Crippen molar-refractivity contribution in [1.29, 1.82) is 5.26 Å². The van der Waals surface area contributed by atoms with E-state index in [-0.39, 0.29) is 11.8 Å². The first-order chi connectivity index (χ1) is 6.01. The van der Waals surface area contributed by atoms with Crippen LogP contribution in [-0.4, -0.2) is 36.5 Å². The van der Waals surface area contributed by atoms with Crippen LogP contribution in [0.2, 0.25) is 0 Å². The third kappa shape index (κ3) is 1.81. The highest BCUT2D eigenvalue weighted by molar-refractivity contribution is 5.79. The van der Waals surface area contributed by atoms with E-state index in [9.17, 15) is 4.79 Å². The number of amides is 1. The fraction of sp³-hybridized carbons (Fsp3) is 0.778. The lowest BCUT2D eigenvalue weighted by Crippen LogP contribution is -2.60. The zero-order chi connectivity index (χ0) is 10.1. The van der Waals surface area contributed by atoms with E-state index in [2.05, 4.69) is 11.4 Å². The lowest BCUT2D eigenvalue weighted by atomic mass is 9.91. The number of nitrogens with one attached hydrogen (secondary N) is 1. The van der Waals surface area contributed by atoms with Crippen LogP contribution in [-0.2, 0) is 4.79 Å². The summed E-state index contributed by atoms with van der Waals surface area (Å²) in [5.74, 6) is 0.141. The molecule has 0 aromatic carbocycles. The maximum Gasteiger partial charge on any atom is 0.225 e. The van der Waals surface area contributed by atoms with Gasteiger partial charge in [-0.15, -0.1) is 0 Å². The third-order valence-electron chi connectivity index (χ3n) is 2.56. The predicted molar refractivity (Wildman–Crippen MR) is 48.8 cm³/mol. The first-order valence-corrected chi connectivity index (χ1v) is 4.39. The van der Waals surface area contributed by atoms with Crippen molar-refractivity contribution < 1.29 is 4.79 Å². The minimum Gasteiger partial charge on any atom is -0.359 e. The van der Waals surface area contributed by atoms with Crippen LogP contribution in [0.1, 0.15) is 13.8 Å². The molecular weight excluding hydrogens is 166 g/mol. The minimum atomic E-state index is -0.440. The molecule has 1 aliphatic heterocycles. The molecule has 0 saturated carbocycles. The first kappa shape index (κ1) is 10.0. The summed E-state index contributed by atoms with van der Waals surface area (Å²) in [7, 11) is 1.64. The fourth-order valence-corrected chi connectivity index (χ4v) is 1.38. The Morgan fingerprint density at radius 2 is 2.15 bits per heavy atom. The second-order valence-corrected chi connectivity index (χ2v) is 3.89. The largest absolute Gasteiger partial charge is 0.359 e. The van der Waals surface area contributed by atoms with Crippen LogP contribution in [0.3, 0.4) is 0 Å². The van der Waals surface area contributed by atoms with Gasteiger partial charge in [-0.3, -0.25) is 9.69 Å². The summed E-state index contributed by atoms with van der Waals surface area (Å²) in [6, 6.07) is 2.21. The van der Waals surface area contributed by atoms with E-state index in [1.807, 2.05) is 18.7 Å². The molecule has 1 N–H and O–H groups in total. The highest BCUT2D eigenvalue weighted by atomic mass is 16.1. The highest BCUT2D eigenvalue weighted by Crippen LogP contribution is 2.24. The number of hydrogen-bond acceptors (Lipinski definition) is 3. The summed E-state index contributed by atoms with van der Waals surface area (Å²) in [6.45, 7) is 5.13. The van der Waals surface area contributed by atoms with Crippen LogP contribution in [0, 0.1) is 17.2 Å². The topological polar surface area (TPSA) is 56.1 Å². The maximum atomic E-state index is 11.1. The molecule has 4 nitrogen and oxygen atoms in total. The van der Waals surface area contributed by atoms with Crippen LogP contribution in [0.5, 0.6) is 0 Å². The number of carbonyl (C=O) groups is 1. The molecule has 0 spiro atoms. The predicted octanol–water partition coefficient (Wildman–Crippen LogP) is -0.0336. The van der Waals surface area contributed by atoms with Crippen LogP contribution in [0.15, 0.2) is 0 Å². The summed E-state index contributed by atoms with van der Waals surface area (Å²) < 4.78 is 0. The Bertz CT molecular complexity index is 248. The van der Waals surface area contributed by atoms with Gasteiger partial charge in [0.2, 0.25) is 5.91 Å². The Hall–Kier alpha value is -1.08. The van der Waals surface area contributed by atoms with Gasteiger partial charge in [0.05, 0.1) is 12.0 Å². The molecule has 1 aliphatic rings. The average Bonchev–Trinajstić information content (AvgIpc) is 2.01. The lowest BCUT2D eigenvalue weighted by Gasteiger charge is -2.44. The van der Waals surface area contributed by atoms with Gasteiger partial charge in [-0.1, -0.05) is 0 Å². The van der Waals surface area contributed by atoms with Crippen LogP contribution < -0.4 is 5.32 Å². The van der Waals surface area contributed by atoms with Crippen molar-refractivity contribution in [2.75, 3.05) is 20.1 Å². The zero-order valence-corrected chi connectivity index (χ0v) is 8.29. The summed E-state index contributed by atoms with van der Waals surface area (Å²) in [5, 5.41) is 11.4. The Balaban J connectivity index is 2.43. The van der Waals surface area contributed by atoms with E-state index in [0.29, 0.717) is 13.1 Å². The van der Waals surface area contributed by atoms with Crippen molar-refractivity contribution >= 4 is 5.91 Å². The molecule has 1 rings (SSSR count). The Morgan fingerprint density at radius 1 is 1.62 bits per heavy atom. The second-order valence-electron chi connectivity index (χ2n) is 3.89. The molecule has 13 heavy (non-hydrogen) atoms. The van der Waals surface area contributed by atoms with E-state index >= 15 is 0 Å². The van der Waals surface area contributed by atoms with Gasteiger partial charge in [0.1, 0.15) is 5.54 Å². The molecule has 1 amide bonds. The summed E-state index contributed by atoms with van der Waals surface area (Å²) in [6.07, 6.45) is 0. The van der Waals surface area contributed by atoms with E-state index in [1.165, 1.54) is 0 Å². The van der Waals surface area contributed by atoms with Gasteiger partial charge >= 0.3 is 0 Å². The van der Waals surface area contributed by atoms with Gasteiger partial charge in [-0.2, -0.15) is 5.26 Å². The SMILES string of the molecule is CNC(=O)C1CN(C(C)(C)C#N)C1. The van der Waals surface area contributed by atoms with E-state index in [4.69, 9.17) is 5.26 Å². The molecule has 1 heterocycles. The van der Waals surface area contributed by atoms with Crippen molar-refractivity contribution in [3.63, 3.8) is 0 Å². The molecule has 0 radical (unpaired) electrons. The van der Waals surface area contributed by atoms with E-state index < -0.39 is 5.54 Å². The standard InChI is InChI=1S/C9H15N3O/c1-9(2,6-10)12-4-7(5-12)8(13)11-3/h7H,4-5H2,1-3H3,(H,11,13). The third-order valence-corrected chi connectivity index (χ3v) is 2.56. The van der Waals surface area contributed by atoms with Gasteiger partial charge < -0.3 is 5.32 Å². The molecule has 0 aliphatic carbocycles. The summed E-state index contributed by atoms with van der Waals surface area (Å²) in [5.41, 5.74) is -0.440. The quantitative estimate of drug-likeness (QED) is 0.650. The average molecular weight is 181 g/mol. The number of carbonyl (C=O) groups excluding carboxylic acids is 1. The van der Waals surface area contributed by atoms with E-state index in [0.717, 1.165) is 0 Å². The molecule has 72 valence electrons. The number of rotatable bonds is 2. The molecule has 0 atom stereocenters.